The highest BCUT2D eigenvalue weighted by Gasteiger charge is 2.43. The molecule has 2 fully saturated rings. The lowest BCUT2D eigenvalue weighted by molar-refractivity contribution is -0.144. The van der Waals surface area contributed by atoms with Crippen molar-refractivity contribution in [2.45, 2.75) is 76.2 Å². The second-order valence-electron chi connectivity index (χ2n) is 8.96. The highest BCUT2D eigenvalue weighted by atomic mass is 16.2. The average Bonchev–Trinajstić information content (AvgIpc) is 3.25. The van der Waals surface area contributed by atoms with Gasteiger partial charge in [0.1, 0.15) is 12.1 Å². The summed E-state index contributed by atoms with van der Waals surface area (Å²) in [7, 11) is 1.70. The van der Waals surface area contributed by atoms with E-state index < -0.39 is 18.1 Å². The van der Waals surface area contributed by atoms with Crippen LogP contribution in [0, 0.1) is 0 Å². The minimum Gasteiger partial charge on any atom is -0.350 e. The zero-order chi connectivity index (χ0) is 24.7. The quantitative estimate of drug-likeness (QED) is 0.430. The highest BCUT2D eigenvalue weighted by Crippen LogP contribution is 2.31. The molecule has 4 amide bonds. The van der Waals surface area contributed by atoms with Gasteiger partial charge < -0.3 is 26.2 Å². The van der Waals surface area contributed by atoms with Crippen LogP contribution in [0.4, 0.5) is 5.69 Å². The van der Waals surface area contributed by atoms with Gasteiger partial charge in [-0.3, -0.25) is 19.2 Å². The molecule has 4 N–H and O–H groups in total. The van der Waals surface area contributed by atoms with Crippen LogP contribution in [0.3, 0.4) is 0 Å². The van der Waals surface area contributed by atoms with Crippen LogP contribution in [0.2, 0.25) is 0 Å². The highest BCUT2D eigenvalue weighted by molar-refractivity contribution is 5.99. The van der Waals surface area contributed by atoms with E-state index >= 15 is 0 Å². The van der Waals surface area contributed by atoms with E-state index in [1.54, 1.807) is 37.1 Å². The standard InChI is InChI=1S/C25H35N5O4/c1-4-22(31)28-18-9-7-8-17(14-18)15-27-24(33)21-13-12-19-10-5-6-11-20(25(34)30(19)21)29-23(32)16(2)26-3/h4,7-9,14,16,19-21,26H,1,5-6,10-13,15H2,2-3H3,(H,27,33)(H,28,31)(H,29,32)/t16?,19-,20-,21-/m0/s1. The Balaban J connectivity index is 1.67. The van der Waals surface area contributed by atoms with Gasteiger partial charge in [0.25, 0.3) is 0 Å². The maximum absolute atomic E-state index is 13.5. The van der Waals surface area contributed by atoms with Gasteiger partial charge >= 0.3 is 0 Å². The Bertz CT molecular complexity index is 934. The molecule has 2 aliphatic rings. The van der Waals surface area contributed by atoms with Crippen LogP contribution in [-0.4, -0.2) is 59.7 Å². The first-order valence-electron chi connectivity index (χ1n) is 11.9. The lowest BCUT2D eigenvalue weighted by Crippen LogP contribution is -2.57. The molecule has 2 saturated heterocycles. The van der Waals surface area contributed by atoms with Crippen molar-refractivity contribution >= 4 is 29.3 Å². The third kappa shape index (κ3) is 6.22. The number of hydrogen-bond acceptors (Lipinski definition) is 5. The van der Waals surface area contributed by atoms with Gasteiger partial charge in [0.15, 0.2) is 0 Å². The molecule has 0 spiro atoms. The first kappa shape index (κ1) is 25.4. The summed E-state index contributed by atoms with van der Waals surface area (Å²) >= 11 is 0. The van der Waals surface area contributed by atoms with Crippen LogP contribution in [0.5, 0.6) is 0 Å². The number of hydrogen-bond donors (Lipinski definition) is 4. The number of carbonyl (C=O) groups excluding carboxylic acids is 4. The largest absolute Gasteiger partial charge is 0.350 e. The van der Waals surface area contributed by atoms with Crippen molar-refractivity contribution in [2.24, 2.45) is 0 Å². The monoisotopic (exact) mass is 469 g/mol. The fourth-order valence-electron chi connectivity index (χ4n) is 4.61. The van der Waals surface area contributed by atoms with Gasteiger partial charge in [0.2, 0.25) is 23.6 Å². The fourth-order valence-corrected chi connectivity index (χ4v) is 4.61. The molecule has 4 atom stereocenters. The number of fused-ring (bicyclic) bond motifs is 1. The second kappa shape index (κ2) is 11.8. The lowest BCUT2D eigenvalue weighted by atomic mass is 9.98. The molecule has 0 aromatic heterocycles. The van der Waals surface area contributed by atoms with Gasteiger partial charge in [0.05, 0.1) is 6.04 Å². The molecule has 34 heavy (non-hydrogen) atoms. The van der Waals surface area contributed by atoms with Crippen molar-refractivity contribution in [3.63, 3.8) is 0 Å². The van der Waals surface area contributed by atoms with Crippen molar-refractivity contribution < 1.29 is 19.2 Å². The Morgan fingerprint density at radius 3 is 2.68 bits per heavy atom. The number of amides is 4. The first-order valence-corrected chi connectivity index (χ1v) is 11.9. The summed E-state index contributed by atoms with van der Waals surface area (Å²) in [5.74, 6) is -0.903. The Kier molecular flexibility index (Phi) is 8.81. The van der Waals surface area contributed by atoms with Crippen LogP contribution in [0.25, 0.3) is 0 Å². The molecule has 0 aliphatic carbocycles. The molecule has 1 aromatic rings. The Morgan fingerprint density at radius 1 is 1.18 bits per heavy atom. The molecule has 1 unspecified atom stereocenters. The molecule has 9 nitrogen and oxygen atoms in total. The van der Waals surface area contributed by atoms with Crippen LogP contribution < -0.4 is 21.3 Å². The van der Waals surface area contributed by atoms with E-state index in [0.29, 0.717) is 18.5 Å². The predicted octanol–water partition coefficient (Wildman–Crippen LogP) is 1.45. The van der Waals surface area contributed by atoms with E-state index in [1.807, 2.05) is 6.07 Å². The summed E-state index contributed by atoms with van der Waals surface area (Å²) in [6, 6.07) is 5.64. The van der Waals surface area contributed by atoms with Gasteiger partial charge in [-0.25, -0.2) is 0 Å². The van der Waals surface area contributed by atoms with Crippen LogP contribution in [-0.2, 0) is 25.7 Å². The lowest BCUT2D eigenvalue weighted by Gasteiger charge is -2.35. The van der Waals surface area contributed by atoms with Crippen molar-refractivity contribution in [3.8, 4) is 0 Å². The maximum Gasteiger partial charge on any atom is 0.247 e. The molecule has 0 saturated carbocycles. The molecule has 1 aromatic carbocycles. The van der Waals surface area contributed by atoms with Gasteiger partial charge in [-0.2, -0.15) is 0 Å². The summed E-state index contributed by atoms with van der Waals surface area (Å²) in [4.78, 5) is 52.2. The second-order valence-corrected chi connectivity index (χ2v) is 8.96. The summed E-state index contributed by atoms with van der Waals surface area (Å²) in [6.45, 7) is 5.46. The number of rotatable bonds is 8. The zero-order valence-corrected chi connectivity index (χ0v) is 19.9. The molecular weight excluding hydrogens is 434 g/mol. The number of likely N-dealkylation sites (N-methyl/N-ethyl adjacent to an activating group) is 1. The number of benzene rings is 1. The maximum atomic E-state index is 13.5. The summed E-state index contributed by atoms with van der Waals surface area (Å²) in [5.41, 5.74) is 1.45. The van der Waals surface area contributed by atoms with Gasteiger partial charge in [-0.1, -0.05) is 31.6 Å². The topological polar surface area (TPSA) is 120 Å². The molecular formula is C25H35N5O4. The van der Waals surface area contributed by atoms with Crippen molar-refractivity contribution in [2.75, 3.05) is 12.4 Å². The SMILES string of the molecule is C=CC(=O)Nc1cccc(CNC(=O)[C@@H]2CC[C@@H]3CCCC[C@H](NC(=O)C(C)NC)C(=O)N32)c1. The summed E-state index contributed by atoms with van der Waals surface area (Å²) in [5, 5.41) is 11.4. The zero-order valence-electron chi connectivity index (χ0n) is 19.9. The molecule has 2 aliphatic heterocycles. The molecule has 0 bridgehead atoms. The van der Waals surface area contributed by atoms with Crippen LogP contribution in [0.1, 0.15) is 51.0 Å². The van der Waals surface area contributed by atoms with E-state index in [9.17, 15) is 19.2 Å². The predicted molar refractivity (Wildman–Crippen MR) is 130 cm³/mol. The number of nitrogens with zero attached hydrogens (tertiary/aromatic N) is 1. The molecule has 0 radical (unpaired) electrons. The smallest absolute Gasteiger partial charge is 0.247 e. The number of anilines is 1. The van der Waals surface area contributed by atoms with Crippen molar-refractivity contribution in [1.82, 2.24) is 20.9 Å². The summed E-state index contributed by atoms with van der Waals surface area (Å²) < 4.78 is 0. The Labute approximate surface area is 200 Å². The van der Waals surface area contributed by atoms with E-state index in [1.165, 1.54) is 6.08 Å². The first-order chi connectivity index (χ1) is 16.3. The van der Waals surface area contributed by atoms with E-state index in [2.05, 4.69) is 27.8 Å². The Morgan fingerprint density at radius 2 is 1.94 bits per heavy atom. The average molecular weight is 470 g/mol. The third-order valence-electron chi connectivity index (χ3n) is 6.63. The molecule has 3 rings (SSSR count). The van der Waals surface area contributed by atoms with Crippen molar-refractivity contribution in [3.05, 3.63) is 42.5 Å². The third-order valence-corrected chi connectivity index (χ3v) is 6.63. The van der Waals surface area contributed by atoms with Gasteiger partial charge in [-0.05, 0) is 63.4 Å². The number of carbonyl (C=O) groups is 4. The normalized spacial score (nSPS) is 23.2. The minimum absolute atomic E-state index is 0.0159. The summed E-state index contributed by atoms with van der Waals surface area (Å²) in [6.07, 6.45) is 5.84. The van der Waals surface area contributed by atoms with Crippen molar-refractivity contribution in [1.29, 1.82) is 0 Å². The van der Waals surface area contributed by atoms with E-state index in [4.69, 9.17) is 0 Å². The number of nitrogens with one attached hydrogen (secondary N) is 4. The molecule has 9 heteroatoms. The van der Waals surface area contributed by atoms with Gasteiger partial charge in [-0.15, -0.1) is 0 Å². The van der Waals surface area contributed by atoms with Crippen LogP contribution >= 0.6 is 0 Å². The van der Waals surface area contributed by atoms with E-state index in [0.717, 1.165) is 31.2 Å². The minimum atomic E-state index is -0.621. The fraction of sp³-hybridized carbons (Fsp3) is 0.520. The van der Waals surface area contributed by atoms with Crippen LogP contribution in [0.15, 0.2) is 36.9 Å². The Hall–Kier alpha value is -3.20. The molecule has 2 heterocycles. The van der Waals surface area contributed by atoms with E-state index in [-0.39, 0.29) is 36.2 Å². The molecule has 184 valence electrons. The van der Waals surface area contributed by atoms with Gasteiger partial charge in [0, 0.05) is 18.3 Å².